The molecule has 0 fully saturated rings. The maximum atomic E-state index is 5.75. The molecule has 0 heterocycles. The van der Waals surface area contributed by atoms with Gasteiger partial charge in [0.2, 0.25) is 0 Å². The Hall–Kier alpha value is -0.190. The zero-order chi connectivity index (χ0) is 11.8. The van der Waals surface area contributed by atoms with Crippen molar-refractivity contribution in [1.29, 1.82) is 0 Å². The summed E-state index contributed by atoms with van der Waals surface area (Å²) >= 11 is 5.28. The zero-order valence-electron chi connectivity index (χ0n) is 9.75. The van der Waals surface area contributed by atoms with Gasteiger partial charge in [-0.3, -0.25) is 0 Å². The molecule has 2 nitrogen and oxygen atoms in total. The number of benzene rings is 1. The van der Waals surface area contributed by atoms with Crippen molar-refractivity contribution in [2.75, 3.05) is 25.2 Å². The van der Waals surface area contributed by atoms with Crippen molar-refractivity contribution in [1.82, 2.24) is 5.32 Å². The molecule has 1 N–H and O–H groups in total. The second-order valence-electron chi connectivity index (χ2n) is 3.37. The lowest BCUT2D eigenvalue weighted by atomic mass is 10.2. The maximum absolute atomic E-state index is 5.75. The molecule has 0 unspecified atom stereocenters. The summed E-state index contributed by atoms with van der Waals surface area (Å²) in [5.74, 6) is 2.01. The molecule has 1 rings (SSSR count). The zero-order valence-corrected chi connectivity index (χ0v) is 12.2. The maximum Gasteiger partial charge on any atom is 0.123 e. The highest BCUT2D eigenvalue weighted by Crippen LogP contribution is 2.23. The second-order valence-corrected chi connectivity index (χ2v) is 5.27. The van der Waals surface area contributed by atoms with Gasteiger partial charge in [0.05, 0.1) is 6.61 Å². The Bertz CT molecular complexity index is 320. The van der Waals surface area contributed by atoms with Crippen molar-refractivity contribution < 1.29 is 4.74 Å². The van der Waals surface area contributed by atoms with E-state index in [0.29, 0.717) is 0 Å². The van der Waals surface area contributed by atoms with Crippen LogP contribution in [0.15, 0.2) is 22.7 Å². The number of halogens is 1. The van der Waals surface area contributed by atoms with Gasteiger partial charge >= 0.3 is 0 Å². The first-order chi connectivity index (χ1) is 7.77. The molecular weight excluding hydrogens is 286 g/mol. The predicted molar refractivity (Wildman–Crippen MR) is 75.4 cm³/mol. The van der Waals surface area contributed by atoms with Gasteiger partial charge in [-0.2, -0.15) is 11.8 Å². The van der Waals surface area contributed by atoms with E-state index in [9.17, 15) is 0 Å². The van der Waals surface area contributed by atoms with E-state index < -0.39 is 0 Å². The Kier molecular flexibility index (Phi) is 6.92. The molecular formula is C12H18BrNOS. The Morgan fingerprint density at radius 3 is 2.94 bits per heavy atom. The molecule has 0 aliphatic carbocycles. The summed E-state index contributed by atoms with van der Waals surface area (Å²) in [5, 5.41) is 3.32. The van der Waals surface area contributed by atoms with Crippen LogP contribution in [0.25, 0.3) is 0 Å². The van der Waals surface area contributed by atoms with Crippen molar-refractivity contribution in [3.63, 3.8) is 0 Å². The quantitative estimate of drug-likeness (QED) is 0.781. The molecule has 0 bridgehead atoms. The summed E-state index contributed by atoms with van der Waals surface area (Å²) in [6.07, 6.45) is 2.09. The van der Waals surface area contributed by atoms with E-state index in [2.05, 4.69) is 40.5 Å². The van der Waals surface area contributed by atoms with Gasteiger partial charge in [-0.05, 0) is 31.0 Å². The average Bonchev–Trinajstić information content (AvgIpc) is 2.29. The van der Waals surface area contributed by atoms with Gasteiger partial charge < -0.3 is 10.1 Å². The molecule has 0 aromatic heterocycles. The number of hydrogen-bond donors (Lipinski definition) is 1. The Balaban J connectivity index is 2.64. The fourth-order valence-corrected chi connectivity index (χ4v) is 1.98. The van der Waals surface area contributed by atoms with E-state index in [1.807, 2.05) is 12.1 Å². The molecule has 0 saturated carbocycles. The third-order valence-electron chi connectivity index (χ3n) is 2.13. The van der Waals surface area contributed by atoms with Crippen LogP contribution in [0.4, 0.5) is 0 Å². The lowest BCUT2D eigenvalue weighted by Crippen LogP contribution is -2.13. The summed E-state index contributed by atoms with van der Waals surface area (Å²) in [5.41, 5.74) is 1.21. The normalized spacial score (nSPS) is 10.4. The van der Waals surface area contributed by atoms with Crippen LogP contribution in [0.1, 0.15) is 12.5 Å². The third-order valence-corrected chi connectivity index (χ3v) is 3.20. The number of ether oxygens (including phenoxy) is 1. The molecule has 0 amide bonds. The van der Waals surface area contributed by atoms with Gasteiger partial charge in [-0.15, -0.1) is 0 Å². The summed E-state index contributed by atoms with van der Waals surface area (Å²) in [4.78, 5) is 0. The first-order valence-electron chi connectivity index (χ1n) is 5.38. The van der Waals surface area contributed by atoms with Crippen LogP contribution < -0.4 is 10.1 Å². The standard InChI is InChI=1S/C12H18BrNOS/c1-3-14-9-10-8-11(13)4-5-12(10)15-6-7-16-2/h4-5,8,14H,3,6-7,9H2,1-2H3. The van der Waals surface area contributed by atoms with Gasteiger partial charge in [0.15, 0.2) is 0 Å². The highest BCUT2D eigenvalue weighted by Gasteiger charge is 2.03. The largest absolute Gasteiger partial charge is 0.492 e. The molecule has 4 heteroatoms. The van der Waals surface area contributed by atoms with Gasteiger partial charge in [0.25, 0.3) is 0 Å². The minimum Gasteiger partial charge on any atom is -0.492 e. The van der Waals surface area contributed by atoms with Crippen LogP contribution in [0.3, 0.4) is 0 Å². The fraction of sp³-hybridized carbons (Fsp3) is 0.500. The molecule has 0 spiro atoms. The van der Waals surface area contributed by atoms with Crippen LogP contribution >= 0.6 is 27.7 Å². The number of thioether (sulfide) groups is 1. The number of nitrogens with one attached hydrogen (secondary N) is 1. The van der Waals surface area contributed by atoms with Crippen molar-refractivity contribution >= 4 is 27.7 Å². The minimum absolute atomic E-state index is 0.766. The van der Waals surface area contributed by atoms with E-state index >= 15 is 0 Å². The van der Waals surface area contributed by atoms with Gasteiger partial charge in [0, 0.05) is 22.3 Å². The summed E-state index contributed by atoms with van der Waals surface area (Å²) in [6.45, 7) is 4.69. The van der Waals surface area contributed by atoms with Crippen LogP contribution in [-0.2, 0) is 6.54 Å². The van der Waals surface area contributed by atoms with E-state index in [0.717, 1.165) is 35.7 Å². The highest BCUT2D eigenvalue weighted by atomic mass is 79.9. The van der Waals surface area contributed by atoms with Crippen molar-refractivity contribution in [3.05, 3.63) is 28.2 Å². The fourth-order valence-electron chi connectivity index (χ4n) is 1.32. The van der Waals surface area contributed by atoms with E-state index in [-0.39, 0.29) is 0 Å². The molecule has 1 aromatic rings. The molecule has 0 aliphatic rings. The van der Waals surface area contributed by atoms with Gasteiger partial charge in [-0.1, -0.05) is 22.9 Å². The molecule has 0 saturated heterocycles. The van der Waals surface area contributed by atoms with Crippen LogP contribution in [0.2, 0.25) is 0 Å². The molecule has 1 aromatic carbocycles. The lowest BCUT2D eigenvalue weighted by molar-refractivity contribution is 0.339. The highest BCUT2D eigenvalue weighted by molar-refractivity contribution is 9.10. The van der Waals surface area contributed by atoms with Crippen LogP contribution in [0.5, 0.6) is 5.75 Å². The third kappa shape index (κ3) is 4.76. The number of rotatable bonds is 7. The van der Waals surface area contributed by atoms with E-state index in [1.54, 1.807) is 11.8 Å². The molecule has 0 aliphatic heterocycles. The SMILES string of the molecule is CCNCc1cc(Br)ccc1OCCSC. The van der Waals surface area contributed by atoms with Crippen molar-refractivity contribution in [2.24, 2.45) is 0 Å². The monoisotopic (exact) mass is 303 g/mol. The summed E-state index contributed by atoms with van der Waals surface area (Å²) in [6, 6.07) is 6.15. The minimum atomic E-state index is 0.766. The Labute approximate surface area is 110 Å². The summed E-state index contributed by atoms with van der Waals surface area (Å²) < 4.78 is 6.84. The molecule has 0 radical (unpaired) electrons. The first kappa shape index (κ1) is 13.9. The average molecular weight is 304 g/mol. The van der Waals surface area contributed by atoms with Crippen molar-refractivity contribution in [3.8, 4) is 5.75 Å². The summed E-state index contributed by atoms with van der Waals surface area (Å²) in [7, 11) is 0. The van der Waals surface area contributed by atoms with Gasteiger partial charge in [-0.25, -0.2) is 0 Å². The molecule has 16 heavy (non-hydrogen) atoms. The van der Waals surface area contributed by atoms with Crippen LogP contribution in [0, 0.1) is 0 Å². The molecule has 0 atom stereocenters. The van der Waals surface area contributed by atoms with Crippen LogP contribution in [-0.4, -0.2) is 25.2 Å². The smallest absolute Gasteiger partial charge is 0.123 e. The van der Waals surface area contributed by atoms with Gasteiger partial charge in [0.1, 0.15) is 5.75 Å². The van der Waals surface area contributed by atoms with Crippen molar-refractivity contribution in [2.45, 2.75) is 13.5 Å². The number of hydrogen-bond acceptors (Lipinski definition) is 3. The Morgan fingerprint density at radius 1 is 1.44 bits per heavy atom. The first-order valence-corrected chi connectivity index (χ1v) is 7.57. The lowest BCUT2D eigenvalue weighted by Gasteiger charge is -2.12. The Morgan fingerprint density at radius 2 is 2.25 bits per heavy atom. The van der Waals surface area contributed by atoms with E-state index in [1.165, 1.54) is 5.56 Å². The topological polar surface area (TPSA) is 21.3 Å². The predicted octanol–water partition coefficient (Wildman–Crippen LogP) is 3.30. The van der Waals surface area contributed by atoms with E-state index in [4.69, 9.17) is 4.74 Å². The second kappa shape index (κ2) is 7.98. The molecule has 90 valence electrons.